The summed E-state index contributed by atoms with van der Waals surface area (Å²) in [5, 5.41) is 2.91. The average molecular weight is 513 g/mol. The molecule has 0 aliphatic heterocycles. The number of rotatable bonds is 10. The zero-order chi connectivity index (χ0) is 26.9. The Kier molecular flexibility index (Phi) is 8.72. The zero-order valence-electron chi connectivity index (χ0n) is 21.3. The number of amides is 2. The molecule has 2 amide bonds. The van der Waals surface area contributed by atoms with Crippen LogP contribution in [0.15, 0.2) is 103 Å². The number of benzene rings is 4. The molecule has 6 nitrogen and oxygen atoms in total. The molecule has 1 N–H and O–H groups in total. The Labute approximate surface area is 221 Å². The maximum Gasteiger partial charge on any atom is 0.251 e. The number of anilines is 1. The first-order valence-electron chi connectivity index (χ1n) is 12.1. The topological polar surface area (TPSA) is 67.9 Å². The van der Waals surface area contributed by atoms with Crippen molar-refractivity contribution in [1.82, 2.24) is 4.90 Å². The zero-order valence-corrected chi connectivity index (χ0v) is 21.3. The summed E-state index contributed by atoms with van der Waals surface area (Å²) in [4.78, 5) is 29.0. The van der Waals surface area contributed by atoms with E-state index in [1.54, 1.807) is 80.9 Å². The van der Waals surface area contributed by atoms with Crippen LogP contribution in [0.4, 0.5) is 10.1 Å². The fourth-order valence-corrected chi connectivity index (χ4v) is 4.15. The van der Waals surface area contributed by atoms with Crippen molar-refractivity contribution < 1.29 is 23.5 Å². The minimum absolute atomic E-state index is 0.0533. The predicted octanol–water partition coefficient (Wildman–Crippen LogP) is 5.79. The van der Waals surface area contributed by atoms with Crippen LogP contribution in [0.3, 0.4) is 0 Å². The lowest BCUT2D eigenvalue weighted by Gasteiger charge is -2.32. The number of hydrogen-bond acceptors (Lipinski definition) is 4. The monoisotopic (exact) mass is 512 g/mol. The molecule has 0 heterocycles. The van der Waals surface area contributed by atoms with E-state index in [9.17, 15) is 14.0 Å². The lowest BCUT2D eigenvalue weighted by Crippen LogP contribution is -2.41. The second kappa shape index (κ2) is 12.5. The molecule has 0 saturated carbocycles. The fourth-order valence-electron chi connectivity index (χ4n) is 4.15. The Hall–Kier alpha value is -4.65. The van der Waals surface area contributed by atoms with Crippen LogP contribution in [0.5, 0.6) is 11.5 Å². The van der Waals surface area contributed by atoms with Gasteiger partial charge in [0.2, 0.25) is 5.91 Å². The van der Waals surface area contributed by atoms with Crippen molar-refractivity contribution in [3.63, 3.8) is 0 Å². The van der Waals surface area contributed by atoms with E-state index in [2.05, 4.69) is 5.32 Å². The highest BCUT2D eigenvalue weighted by Crippen LogP contribution is 2.29. The van der Waals surface area contributed by atoms with Gasteiger partial charge in [-0.25, -0.2) is 4.39 Å². The molecule has 4 aromatic rings. The van der Waals surface area contributed by atoms with Gasteiger partial charge in [0.05, 0.1) is 20.6 Å². The largest absolute Gasteiger partial charge is 0.497 e. The molecule has 0 spiro atoms. The third-order valence-corrected chi connectivity index (χ3v) is 6.17. The Balaban J connectivity index is 1.75. The van der Waals surface area contributed by atoms with Gasteiger partial charge < -0.3 is 19.7 Å². The summed E-state index contributed by atoms with van der Waals surface area (Å²) < 4.78 is 25.2. The fraction of sp³-hybridized carbons (Fsp3) is 0.161. The van der Waals surface area contributed by atoms with Gasteiger partial charge in [-0.1, -0.05) is 60.7 Å². The van der Waals surface area contributed by atoms with Gasteiger partial charge >= 0.3 is 0 Å². The second-order valence-electron chi connectivity index (χ2n) is 8.67. The standard InChI is InChI=1S/C31H29FN2O4/c1-37-26-16-12-23(13-17-26)30(31(36)33-25-14-18-27(38-2)19-15-25)34(21-24-10-6-7-11-28(24)32)29(35)20-22-8-4-3-5-9-22/h3-19,30H,20-21H2,1-2H3,(H,33,36). The summed E-state index contributed by atoms with van der Waals surface area (Å²) in [5.74, 6) is 0.0607. The molecule has 1 unspecified atom stereocenters. The van der Waals surface area contributed by atoms with E-state index < -0.39 is 17.8 Å². The Morgan fingerprint density at radius 3 is 1.97 bits per heavy atom. The minimum atomic E-state index is -1.04. The molecule has 4 aromatic carbocycles. The molecule has 1 atom stereocenters. The lowest BCUT2D eigenvalue weighted by atomic mass is 10.0. The average Bonchev–Trinajstić information content (AvgIpc) is 2.95. The van der Waals surface area contributed by atoms with Crippen LogP contribution in [0, 0.1) is 5.82 Å². The van der Waals surface area contributed by atoms with E-state index in [1.807, 2.05) is 30.3 Å². The summed E-state index contributed by atoms with van der Waals surface area (Å²) in [6.45, 7) is -0.0922. The van der Waals surface area contributed by atoms with Crippen LogP contribution in [0.1, 0.15) is 22.7 Å². The number of nitrogens with zero attached hydrogens (tertiary/aromatic N) is 1. The summed E-state index contributed by atoms with van der Waals surface area (Å²) in [7, 11) is 3.11. The van der Waals surface area contributed by atoms with Crippen molar-refractivity contribution in [2.45, 2.75) is 19.0 Å². The number of halogens is 1. The minimum Gasteiger partial charge on any atom is -0.497 e. The third-order valence-electron chi connectivity index (χ3n) is 6.17. The molecule has 0 aromatic heterocycles. The molecule has 0 saturated heterocycles. The van der Waals surface area contributed by atoms with Gasteiger partial charge in [-0.2, -0.15) is 0 Å². The highest BCUT2D eigenvalue weighted by molar-refractivity contribution is 5.98. The molecule has 7 heteroatoms. The number of nitrogens with one attached hydrogen (secondary N) is 1. The van der Waals surface area contributed by atoms with Gasteiger partial charge in [-0.15, -0.1) is 0 Å². The molecule has 0 bridgehead atoms. The normalized spacial score (nSPS) is 11.3. The van der Waals surface area contributed by atoms with Crippen LogP contribution < -0.4 is 14.8 Å². The van der Waals surface area contributed by atoms with Crippen molar-refractivity contribution in [3.05, 3.63) is 126 Å². The van der Waals surface area contributed by atoms with Crippen LogP contribution in [-0.4, -0.2) is 30.9 Å². The van der Waals surface area contributed by atoms with Crippen molar-refractivity contribution in [3.8, 4) is 11.5 Å². The molecule has 194 valence electrons. The third kappa shape index (κ3) is 6.56. The first-order chi connectivity index (χ1) is 18.5. The van der Waals surface area contributed by atoms with Gasteiger partial charge in [0, 0.05) is 17.8 Å². The van der Waals surface area contributed by atoms with E-state index >= 15 is 0 Å². The highest BCUT2D eigenvalue weighted by Gasteiger charge is 2.32. The number of carbonyl (C=O) groups is 2. The van der Waals surface area contributed by atoms with Gasteiger partial charge in [0.1, 0.15) is 23.4 Å². The SMILES string of the molecule is COc1ccc(NC(=O)C(c2ccc(OC)cc2)N(Cc2ccccc2F)C(=O)Cc2ccccc2)cc1. The molecular formula is C31H29FN2O4. The first-order valence-corrected chi connectivity index (χ1v) is 12.1. The molecule has 0 aliphatic carbocycles. The van der Waals surface area contributed by atoms with E-state index in [1.165, 1.54) is 11.0 Å². The van der Waals surface area contributed by atoms with E-state index in [4.69, 9.17) is 9.47 Å². The summed E-state index contributed by atoms with van der Waals surface area (Å²) in [6, 6.07) is 28.3. The smallest absolute Gasteiger partial charge is 0.251 e. The predicted molar refractivity (Wildman–Crippen MR) is 144 cm³/mol. The van der Waals surface area contributed by atoms with Gasteiger partial charge in [0.25, 0.3) is 5.91 Å². The van der Waals surface area contributed by atoms with E-state index in [0.29, 0.717) is 28.3 Å². The quantitative estimate of drug-likeness (QED) is 0.292. The molecule has 0 fully saturated rings. The lowest BCUT2D eigenvalue weighted by molar-refractivity contribution is -0.139. The van der Waals surface area contributed by atoms with E-state index in [-0.39, 0.29) is 18.9 Å². The summed E-state index contributed by atoms with van der Waals surface area (Å²) in [5.41, 5.74) is 2.20. The van der Waals surface area contributed by atoms with Gasteiger partial charge in [-0.05, 0) is 53.6 Å². The van der Waals surface area contributed by atoms with Crippen LogP contribution in [0.2, 0.25) is 0 Å². The molecule has 0 aliphatic rings. The van der Waals surface area contributed by atoms with Crippen molar-refractivity contribution in [2.75, 3.05) is 19.5 Å². The van der Waals surface area contributed by atoms with Crippen LogP contribution in [-0.2, 0) is 22.6 Å². The van der Waals surface area contributed by atoms with Crippen molar-refractivity contribution in [1.29, 1.82) is 0 Å². The second-order valence-corrected chi connectivity index (χ2v) is 8.67. The van der Waals surface area contributed by atoms with Crippen LogP contribution >= 0.6 is 0 Å². The number of carbonyl (C=O) groups excluding carboxylic acids is 2. The highest BCUT2D eigenvalue weighted by atomic mass is 19.1. The summed E-state index contributed by atoms with van der Waals surface area (Å²) >= 11 is 0. The Bertz CT molecular complexity index is 1360. The van der Waals surface area contributed by atoms with Crippen LogP contribution in [0.25, 0.3) is 0 Å². The van der Waals surface area contributed by atoms with Gasteiger partial charge in [0.15, 0.2) is 0 Å². The maximum absolute atomic E-state index is 14.8. The van der Waals surface area contributed by atoms with Crippen molar-refractivity contribution in [2.24, 2.45) is 0 Å². The number of ether oxygens (including phenoxy) is 2. The van der Waals surface area contributed by atoms with E-state index in [0.717, 1.165) is 5.56 Å². The Morgan fingerprint density at radius 1 is 0.789 bits per heavy atom. The van der Waals surface area contributed by atoms with Crippen molar-refractivity contribution >= 4 is 17.5 Å². The number of hydrogen-bond donors (Lipinski definition) is 1. The summed E-state index contributed by atoms with van der Waals surface area (Å²) in [6.07, 6.45) is 0.0533. The molecule has 38 heavy (non-hydrogen) atoms. The first kappa shape index (κ1) is 26.4. The number of methoxy groups -OCH3 is 2. The maximum atomic E-state index is 14.8. The molecule has 4 rings (SSSR count). The molecular weight excluding hydrogens is 483 g/mol. The van der Waals surface area contributed by atoms with Gasteiger partial charge in [-0.3, -0.25) is 9.59 Å². The molecule has 0 radical (unpaired) electrons. The Morgan fingerprint density at radius 2 is 1.37 bits per heavy atom.